The summed E-state index contributed by atoms with van der Waals surface area (Å²) >= 11 is -2.04. The Bertz CT molecular complexity index is 581. The third kappa shape index (κ3) is 7.40. The van der Waals surface area contributed by atoms with Crippen LogP contribution < -0.4 is 24.8 Å². The number of hydrogen-bond donors (Lipinski definition) is 0. The quantitative estimate of drug-likeness (QED) is 0.216. The van der Waals surface area contributed by atoms with Crippen LogP contribution in [-0.4, -0.2) is 41.6 Å². The molecule has 0 fully saturated rings. The minimum Gasteiger partial charge on any atom is -1.00 e. The van der Waals surface area contributed by atoms with E-state index in [1.165, 1.54) is 0 Å². The molecule has 151 valence electrons. The van der Waals surface area contributed by atoms with Crippen LogP contribution in [-0.2, 0) is 20.9 Å². The van der Waals surface area contributed by atoms with Crippen molar-refractivity contribution < 1.29 is 45.7 Å². The summed E-state index contributed by atoms with van der Waals surface area (Å²) in [5, 5.41) is 0. The summed E-state index contributed by atoms with van der Waals surface area (Å²) in [6.07, 6.45) is 23.0. The van der Waals surface area contributed by atoms with Gasteiger partial charge in [-0.3, -0.25) is 0 Å². The Balaban J connectivity index is 0.00000364. The van der Waals surface area contributed by atoms with E-state index in [1.807, 2.05) is 24.3 Å². The summed E-state index contributed by atoms with van der Waals surface area (Å²) in [4.78, 5) is 0. The van der Waals surface area contributed by atoms with Gasteiger partial charge in [0.2, 0.25) is 0 Å². The van der Waals surface area contributed by atoms with Crippen molar-refractivity contribution in [3.8, 4) is 0 Å². The SMILES string of the molecule is C=CCN(CC=C)[SiH](N(CC=C)CC=C)[Zr+2]([C]1=CC=CC1)[C]1=CC=CC1.[Cl-].[Cl-]. The molecule has 0 spiro atoms. The zero-order valence-electron chi connectivity index (χ0n) is 16.6. The average molecular weight is 514 g/mol. The molecule has 0 aromatic rings. The van der Waals surface area contributed by atoms with Crippen LogP contribution in [0, 0.1) is 0 Å². The van der Waals surface area contributed by atoms with Gasteiger partial charge in [-0.1, -0.05) is 0 Å². The first-order valence-corrected chi connectivity index (χ1v) is 17.6. The van der Waals surface area contributed by atoms with Crippen molar-refractivity contribution in [1.82, 2.24) is 9.13 Å². The molecule has 0 N–H and O–H groups in total. The maximum Gasteiger partial charge on any atom is -1.00 e. The van der Waals surface area contributed by atoms with Crippen molar-refractivity contribution in [2.24, 2.45) is 0 Å². The standard InChI is InChI=1S/C12H21N2Si.2C5H5.2ClH.Zr/c1-5-9-13(10-6-2)15-14(11-7-3)12-8-4;2*1-2-4-5-3-1;;;/h5-8,15H,1-4,9-12H2;2*1-3H,4H2;2*1H;/q;;;;;+2/p-2. The van der Waals surface area contributed by atoms with Crippen molar-refractivity contribution in [3.63, 3.8) is 0 Å². The predicted molar refractivity (Wildman–Crippen MR) is 115 cm³/mol. The summed E-state index contributed by atoms with van der Waals surface area (Å²) in [5.41, 5.74) is 0. The molecule has 2 aliphatic rings. The molecule has 0 saturated heterocycles. The van der Waals surface area contributed by atoms with Gasteiger partial charge in [-0.15, -0.1) is 0 Å². The molecule has 2 rings (SSSR count). The van der Waals surface area contributed by atoms with Crippen LogP contribution in [0.2, 0.25) is 0 Å². The van der Waals surface area contributed by atoms with E-state index in [9.17, 15) is 0 Å². The smallest absolute Gasteiger partial charge is 1.00 e. The Morgan fingerprint density at radius 2 is 1.11 bits per heavy atom. The normalized spacial score (nSPS) is 14.4. The van der Waals surface area contributed by atoms with Crippen molar-refractivity contribution in [1.29, 1.82) is 0 Å². The third-order valence-electron chi connectivity index (χ3n) is 4.64. The van der Waals surface area contributed by atoms with Gasteiger partial charge in [0, 0.05) is 0 Å². The second-order valence-electron chi connectivity index (χ2n) is 6.50. The first kappa shape index (κ1) is 27.5. The van der Waals surface area contributed by atoms with Crippen molar-refractivity contribution in [2.75, 3.05) is 26.2 Å². The predicted octanol–water partition coefficient (Wildman–Crippen LogP) is -1.63. The number of halogens is 2. The van der Waals surface area contributed by atoms with Crippen LogP contribution in [0.4, 0.5) is 0 Å². The van der Waals surface area contributed by atoms with E-state index in [-0.39, 0.29) is 24.8 Å². The van der Waals surface area contributed by atoms with Crippen LogP contribution in [0.15, 0.2) is 93.6 Å². The fourth-order valence-corrected chi connectivity index (χ4v) is 26.8. The van der Waals surface area contributed by atoms with Crippen LogP contribution in [0.25, 0.3) is 0 Å². The Labute approximate surface area is 192 Å². The molecule has 0 aliphatic heterocycles. The van der Waals surface area contributed by atoms with Gasteiger partial charge in [-0.2, -0.15) is 0 Å². The molecule has 6 heteroatoms. The average Bonchev–Trinajstić information content (AvgIpc) is 3.33. The van der Waals surface area contributed by atoms with E-state index < -0.39 is 27.2 Å². The molecule has 0 aromatic carbocycles. The van der Waals surface area contributed by atoms with Gasteiger partial charge in [0.05, 0.1) is 0 Å². The minimum absolute atomic E-state index is 0. The fourth-order valence-electron chi connectivity index (χ4n) is 3.64. The fraction of sp³-hybridized carbons (Fsp3) is 0.273. The largest absolute Gasteiger partial charge is 1.00 e. The maximum absolute atomic E-state index is 4.03. The number of hydrogen-bond acceptors (Lipinski definition) is 2. The molecule has 28 heavy (non-hydrogen) atoms. The van der Waals surface area contributed by atoms with Gasteiger partial charge in [0.25, 0.3) is 0 Å². The molecule has 2 aliphatic carbocycles. The molecule has 0 aromatic heterocycles. The first-order valence-electron chi connectivity index (χ1n) is 9.27. The van der Waals surface area contributed by atoms with Crippen LogP contribution in [0.5, 0.6) is 0 Å². The minimum atomic E-state index is -2.04. The maximum atomic E-state index is 4.03. The molecule has 2 nitrogen and oxygen atoms in total. The Morgan fingerprint density at radius 3 is 1.36 bits per heavy atom. The number of allylic oxidation sites excluding steroid dienone is 8. The van der Waals surface area contributed by atoms with Gasteiger partial charge in [0.15, 0.2) is 0 Å². The third-order valence-corrected chi connectivity index (χ3v) is 26.2. The van der Waals surface area contributed by atoms with Crippen molar-refractivity contribution >= 4 is 6.25 Å². The first-order chi connectivity index (χ1) is 12.8. The second-order valence-corrected chi connectivity index (χ2v) is 21.1. The van der Waals surface area contributed by atoms with Gasteiger partial charge in [-0.25, -0.2) is 0 Å². The molecule has 0 saturated carbocycles. The van der Waals surface area contributed by atoms with Crippen LogP contribution >= 0.6 is 0 Å². The Kier molecular flexibility index (Phi) is 15.1. The Hall–Kier alpha value is -0.480. The molecule has 0 amide bonds. The monoisotopic (exact) mass is 511 g/mol. The van der Waals surface area contributed by atoms with Crippen LogP contribution in [0.1, 0.15) is 12.8 Å². The summed E-state index contributed by atoms with van der Waals surface area (Å²) in [6, 6.07) is 0. The van der Waals surface area contributed by atoms with E-state index in [1.54, 1.807) is 6.56 Å². The van der Waals surface area contributed by atoms with E-state index >= 15 is 0 Å². The van der Waals surface area contributed by atoms with E-state index in [2.05, 4.69) is 71.9 Å². The molecular formula is C22H31Cl2N2SiZr. The van der Waals surface area contributed by atoms with Gasteiger partial charge in [-0.05, 0) is 0 Å². The number of nitrogens with zero attached hydrogens (tertiary/aromatic N) is 2. The zero-order chi connectivity index (χ0) is 18.8. The Morgan fingerprint density at radius 1 is 0.750 bits per heavy atom. The summed E-state index contributed by atoms with van der Waals surface area (Å²) in [6.45, 7) is 19.8. The molecule has 0 heterocycles. The topological polar surface area (TPSA) is 6.48 Å². The molecule has 0 bridgehead atoms. The van der Waals surface area contributed by atoms with Gasteiger partial charge >= 0.3 is 169 Å². The van der Waals surface area contributed by atoms with Crippen molar-refractivity contribution in [2.45, 2.75) is 12.8 Å². The van der Waals surface area contributed by atoms with Crippen molar-refractivity contribution in [3.05, 3.63) is 93.6 Å². The summed E-state index contributed by atoms with van der Waals surface area (Å²) in [7, 11) is 0. The second kappa shape index (κ2) is 15.4. The molecule has 0 radical (unpaired) electrons. The van der Waals surface area contributed by atoms with Gasteiger partial charge < -0.3 is 24.8 Å². The summed E-state index contributed by atoms with van der Waals surface area (Å²) in [5.74, 6) is 0. The zero-order valence-corrected chi connectivity index (χ0v) is 21.7. The molecule has 0 atom stereocenters. The summed E-state index contributed by atoms with van der Waals surface area (Å²) < 4.78 is 8.82. The van der Waals surface area contributed by atoms with E-state index in [0.29, 0.717) is 0 Å². The van der Waals surface area contributed by atoms with Crippen LogP contribution in [0.3, 0.4) is 0 Å². The van der Waals surface area contributed by atoms with E-state index in [4.69, 9.17) is 0 Å². The molecular weight excluding hydrogens is 482 g/mol. The van der Waals surface area contributed by atoms with E-state index in [0.717, 1.165) is 39.0 Å². The van der Waals surface area contributed by atoms with Gasteiger partial charge in [0.1, 0.15) is 0 Å². The molecule has 0 unspecified atom stereocenters. The number of rotatable bonds is 13.